The van der Waals surface area contributed by atoms with Crippen LogP contribution in [0.5, 0.6) is 0 Å². The van der Waals surface area contributed by atoms with E-state index in [9.17, 15) is 8.42 Å². The largest absolute Gasteiger partial charge is 0.355 e. The number of sulfonamides is 1. The zero-order chi connectivity index (χ0) is 18.6. The lowest BCUT2D eigenvalue weighted by molar-refractivity contribution is 0.591. The zero-order valence-corrected chi connectivity index (χ0v) is 16.5. The molecule has 1 aliphatic rings. The minimum Gasteiger partial charge on any atom is -0.355 e. The number of thiazole rings is 1. The highest BCUT2D eigenvalue weighted by Crippen LogP contribution is 2.29. The van der Waals surface area contributed by atoms with E-state index in [-0.39, 0.29) is 12.3 Å². The molecule has 0 spiro atoms. The molecular formula is C17H23N5O2S2. The van der Waals surface area contributed by atoms with Gasteiger partial charge in [-0.2, -0.15) is 0 Å². The molecule has 0 atom stereocenters. The Morgan fingerprint density at radius 2 is 2.15 bits per heavy atom. The van der Waals surface area contributed by atoms with Crippen LogP contribution in [0.4, 0.5) is 5.69 Å². The highest BCUT2D eigenvalue weighted by atomic mass is 32.2. The number of hydrogen-bond donors (Lipinski definition) is 2. The van der Waals surface area contributed by atoms with Crippen molar-refractivity contribution >= 4 is 33.0 Å². The maximum Gasteiger partial charge on any atom is 0.236 e. The summed E-state index contributed by atoms with van der Waals surface area (Å²) >= 11 is 1.62. The molecule has 0 amide bonds. The standard InChI is InChI=1S/C17H23N5O2S2/c1-13-11-20-16(25-13)12-21-17(18-2)19-8-10-26(23,24)22-9-7-14-5-3-4-6-15(14)22/h3-6,11H,7-10,12H2,1-2H3,(H2,18,19,21). The molecule has 1 aromatic carbocycles. The second-order valence-electron chi connectivity index (χ2n) is 5.98. The topological polar surface area (TPSA) is 86.7 Å². The molecular weight excluding hydrogens is 370 g/mol. The molecule has 0 saturated heterocycles. The van der Waals surface area contributed by atoms with Crippen LogP contribution in [0.1, 0.15) is 15.4 Å². The maximum atomic E-state index is 12.7. The van der Waals surface area contributed by atoms with Crippen molar-refractivity contribution in [2.24, 2.45) is 4.99 Å². The summed E-state index contributed by atoms with van der Waals surface area (Å²) in [6.07, 6.45) is 2.59. The molecule has 0 fully saturated rings. The Balaban J connectivity index is 1.51. The highest BCUT2D eigenvalue weighted by Gasteiger charge is 2.28. The molecule has 0 saturated carbocycles. The molecule has 3 rings (SSSR count). The molecule has 0 unspecified atom stereocenters. The molecule has 1 aromatic heterocycles. The summed E-state index contributed by atoms with van der Waals surface area (Å²) in [5, 5.41) is 7.17. The van der Waals surface area contributed by atoms with Crippen LogP contribution < -0.4 is 14.9 Å². The van der Waals surface area contributed by atoms with Crippen LogP contribution in [0.2, 0.25) is 0 Å². The normalized spacial score (nSPS) is 14.4. The van der Waals surface area contributed by atoms with Gasteiger partial charge in [0.1, 0.15) is 5.01 Å². The molecule has 140 valence electrons. The van der Waals surface area contributed by atoms with Gasteiger partial charge in [0, 0.05) is 31.2 Å². The average molecular weight is 394 g/mol. The monoisotopic (exact) mass is 393 g/mol. The molecule has 9 heteroatoms. The van der Waals surface area contributed by atoms with Crippen LogP contribution in [0.15, 0.2) is 35.5 Å². The predicted molar refractivity (Wildman–Crippen MR) is 106 cm³/mol. The first kappa shape index (κ1) is 18.7. The van der Waals surface area contributed by atoms with Crippen LogP contribution in [0.25, 0.3) is 0 Å². The van der Waals surface area contributed by atoms with Gasteiger partial charge < -0.3 is 10.6 Å². The number of aryl methyl sites for hydroxylation is 1. The fourth-order valence-electron chi connectivity index (χ4n) is 2.87. The first-order valence-corrected chi connectivity index (χ1v) is 10.9. The summed E-state index contributed by atoms with van der Waals surface area (Å²) in [7, 11) is -1.70. The third-order valence-electron chi connectivity index (χ3n) is 4.13. The van der Waals surface area contributed by atoms with Gasteiger partial charge in [-0.3, -0.25) is 9.30 Å². The van der Waals surface area contributed by atoms with E-state index in [1.165, 1.54) is 4.31 Å². The Kier molecular flexibility index (Phi) is 5.77. The van der Waals surface area contributed by atoms with Crippen molar-refractivity contribution in [3.8, 4) is 0 Å². The van der Waals surface area contributed by atoms with E-state index in [1.807, 2.05) is 37.4 Å². The number of para-hydroxylation sites is 1. The number of aliphatic imine (C=N–C) groups is 1. The Morgan fingerprint density at radius 1 is 1.35 bits per heavy atom. The van der Waals surface area contributed by atoms with Gasteiger partial charge in [0.2, 0.25) is 10.0 Å². The number of benzene rings is 1. The van der Waals surface area contributed by atoms with Gasteiger partial charge in [0.05, 0.1) is 18.0 Å². The smallest absolute Gasteiger partial charge is 0.236 e. The Labute approximate surface area is 158 Å². The number of rotatable bonds is 6. The van der Waals surface area contributed by atoms with Crippen LogP contribution in [0.3, 0.4) is 0 Å². The molecule has 0 radical (unpaired) electrons. The number of aromatic nitrogens is 1. The Bertz CT molecular complexity index is 892. The van der Waals surface area contributed by atoms with E-state index < -0.39 is 10.0 Å². The second kappa shape index (κ2) is 8.05. The van der Waals surface area contributed by atoms with Crippen LogP contribution >= 0.6 is 11.3 Å². The third kappa shape index (κ3) is 4.34. The van der Waals surface area contributed by atoms with E-state index in [1.54, 1.807) is 18.4 Å². The van der Waals surface area contributed by atoms with Crippen molar-refractivity contribution in [1.82, 2.24) is 15.6 Å². The van der Waals surface area contributed by atoms with Crippen molar-refractivity contribution in [2.75, 3.05) is 30.2 Å². The number of hydrogen-bond acceptors (Lipinski definition) is 5. The van der Waals surface area contributed by atoms with E-state index in [2.05, 4.69) is 20.6 Å². The van der Waals surface area contributed by atoms with Gasteiger partial charge in [-0.1, -0.05) is 18.2 Å². The van der Waals surface area contributed by atoms with Gasteiger partial charge in [-0.25, -0.2) is 13.4 Å². The predicted octanol–water partition coefficient (Wildman–Crippen LogP) is 1.51. The summed E-state index contributed by atoms with van der Waals surface area (Å²) in [5.74, 6) is 0.577. The van der Waals surface area contributed by atoms with E-state index in [0.29, 0.717) is 19.0 Å². The van der Waals surface area contributed by atoms with E-state index in [4.69, 9.17) is 0 Å². The van der Waals surface area contributed by atoms with Gasteiger partial charge in [0.25, 0.3) is 0 Å². The number of anilines is 1. The summed E-state index contributed by atoms with van der Waals surface area (Å²) < 4.78 is 26.8. The minimum atomic E-state index is -3.36. The molecule has 0 bridgehead atoms. The number of nitrogens with one attached hydrogen (secondary N) is 2. The molecule has 7 nitrogen and oxygen atoms in total. The Morgan fingerprint density at radius 3 is 2.88 bits per heavy atom. The van der Waals surface area contributed by atoms with Crippen molar-refractivity contribution < 1.29 is 8.42 Å². The van der Waals surface area contributed by atoms with Crippen molar-refractivity contribution in [1.29, 1.82) is 0 Å². The van der Waals surface area contributed by atoms with Crippen molar-refractivity contribution in [2.45, 2.75) is 19.9 Å². The molecule has 0 aliphatic carbocycles. The first-order valence-electron chi connectivity index (χ1n) is 8.44. The minimum absolute atomic E-state index is 0.0123. The number of fused-ring (bicyclic) bond motifs is 1. The summed E-state index contributed by atoms with van der Waals surface area (Å²) in [6.45, 7) is 3.37. The van der Waals surface area contributed by atoms with Crippen LogP contribution in [-0.4, -0.2) is 45.3 Å². The number of nitrogens with zero attached hydrogens (tertiary/aromatic N) is 3. The maximum absolute atomic E-state index is 12.7. The van der Waals surface area contributed by atoms with Gasteiger partial charge in [0.15, 0.2) is 5.96 Å². The van der Waals surface area contributed by atoms with Gasteiger partial charge in [-0.05, 0) is 25.0 Å². The SMILES string of the molecule is CN=C(NCCS(=O)(=O)N1CCc2ccccc21)NCc1ncc(C)s1. The molecule has 2 N–H and O–H groups in total. The lowest BCUT2D eigenvalue weighted by Crippen LogP contribution is -2.41. The zero-order valence-electron chi connectivity index (χ0n) is 14.9. The molecule has 2 heterocycles. The fraction of sp³-hybridized carbons (Fsp3) is 0.412. The number of guanidine groups is 1. The highest BCUT2D eigenvalue weighted by molar-refractivity contribution is 7.92. The van der Waals surface area contributed by atoms with Gasteiger partial charge in [-0.15, -0.1) is 11.3 Å². The van der Waals surface area contributed by atoms with E-state index >= 15 is 0 Å². The molecule has 1 aliphatic heterocycles. The first-order chi connectivity index (χ1) is 12.5. The van der Waals surface area contributed by atoms with Crippen LogP contribution in [-0.2, 0) is 23.0 Å². The average Bonchev–Trinajstić information content (AvgIpc) is 3.24. The summed E-state index contributed by atoms with van der Waals surface area (Å²) in [6, 6.07) is 7.66. The van der Waals surface area contributed by atoms with E-state index in [0.717, 1.165) is 27.6 Å². The van der Waals surface area contributed by atoms with Crippen molar-refractivity contribution in [3.05, 3.63) is 45.9 Å². The molecule has 2 aromatic rings. The lowest BCUT2D eigenvalue weighted by atomic mass is 10.2. The lowest BCUT2D eigenvalue weighted by Gasteiger charge is -2.20. The molecule has 26 heavy (non-hydrogen) atoms. The second-order valence-corrected chi connectivity index (χ2v) is 9.32. The van der Waals surface area contributed by atoms with Crippen LogP contribution in [0, 0.1) is 6.92 Å². The quantitative estimate of drug-likeness (QED) is 0.574. The van der Waals surface area contributed by atoms with Crippen molar-refractivity contribution in [3.63, 3.8) is 0 Å². The third-order valence-corrected chi connectivity index (χ3v) is 6.82. The fourth-order valence-corrected chi connectivity index (χ4v) is 5.02. The Hall–Kier alpha value is -2.13. The summed E-state index contributed by atoms with van der Waals surface area (Å²) in [4.78, 5) is 9.57. The van der Waals surface area contributed by atoms with Gasteiger partial charge >= 0.3 is 0 Å². The summed E-state index contributed by atoms with van der Waals surface area (Å²) in [5.41, 5.74) is 1.88.